The summed E-state index contributed by atoms with van der Waals surface area (Å²) >= 11 is 0. The number of carbonyl (C=O) groups is 2. The summed E-state index contributed by atoms with van der Waals surface area (Å²) in [6.07, 6.45) is -0.435. The molecule has 0 fully saturated rings. The zero-order chi connectivity index (χ0) is 17.1. The lowest BCUT2D eigenvalue weighted by molar-refractivity contribution is -0.114. The fourth-order valence-electron chi connectivity index (χ4n) is 2.43. The second-order valence-corrected chi connectivity index (χ2v) is 5.52. The average molecular weight is 315 g/mol. The van der Waals surface area contributed by atoms with Crippen molar-refractivity contribution in [1.82, 2.24) is 9.78 Å². The molecule has 1 aromatic heterocycles. The first-order valence-electron chi connectivity index (χ1n) is 7.38. The zero-order valence-corrected chi connectivity index (χ0v) is 14.0. The fraction of sp³-hybridized carbons (Fsp3) is 0.353. The average Bonchev–Trinajstić information content (AvgIpc) is 2.71. The lowest BCUT2D eigenvalue weighted by atomic mass is 10.1. The van der Waals surface area contributed by atoms with E-state index in [2.05, 4.69) is 10.4 Å². The lowest BCUT2D eigenvalue weighted by Crippen LogP contribution is -2.12. The van der Waals surface area contributed by atoms with Crippen LogP contribution in [0.5, 0.6) is 0 Å². The van der Waals surface area contributed by atoms with Crippen molar-refractivity contribution in [2.75, 3.05) is 5.32 Å². The molecule has 0 unspecified atom stereocenters. The topological polar surface area (TPSA) is 73.2 Å². The van der Waals surface area contributed by atoms with Crippen molar-refractivity contribution in [1.29, 1.82) is 0 Å². The molecule has 1 aromatic carbocycles. The van der Waals surface area contributed by atoms with Crippen molar-refractivity contribution < 1.29 is 14.3 Å². The molecule has 0 radical (unpaired) electrons. The van der Waals surface area contributed by atoms with Gasteiger partial charge < -0.3 is 10.1 Å². The van der Waals surface area contributed by atoms with Gasteiger partial charge in [0.05, 0.1) is 5.69 Å². The second kappa shape index (κ2) is 6.64. The van der Waals surface area contributed by atoms with Gasteiger partial charge in [-0.05, 0) is 38.5 Å². The minimum atomic E-state index is -0.435. The molecule has 1 amide bonds. The molecule has 0 aliphatic rings. The van der Waals surface area contributed by atoms with E-state index in [-0.39, 0.29) is 5.91 Å². The summed E-state index contributed by atoms with van der Waals surface area (Å²) in [5.74, 6) is -0.543. The Balaban J connectivity index is 2.17. The van der Waals surface area contributed by atoms with Gasteiger partial charge in [-0.25, -0.2) is 4.79 Å². The van der Waals surface area contributed by atoms with Gasteiger partial charge in [0.15, 0.2) is 0 Å². The Labute approximate surface area is 135 Å². The third-order valence-electron chi connectivity index (χ3n) is 3.67. The fourth-order valence-corrected chi connectivity index (χ4v) is 2.43. The van der Waals surface area contributed by atoms with Crippen molar-refractivity contribution in [3.05, 3.63) is 46.8 Å². The standard InChI is InChI=1S/C17H21N3O3/c1-10-16(11(2)20(5)19-10)17(22)23-12(3)14-7-6-8-15(9-14)18-13(4)21/h6-9,12H,1-5H3,(H,18,21)/t12-/m0/s1. The molecule has 1 heterocycles. The molecule has 0 aliphatic carbocycles. The molecular weight excluding hydrogens is 294 g/mol. The van der Waals surface area contributed by atoms with Crippen LogP contribution < -0.4 is 5.32 Å². The monoisotopic (exact) mass is 315 g/mol. The molecule has 0 saturated carbocycles. The maximum absolute atomic E-state index is 12.4. The van der Waals surface area contributed by atoms with E-state index in [4.69, 9.17) is 4.74 Å². The summed E-state index contributed by atoms with van der Waals surface area (Å²) in [4.78, 5) is 23.5. The van der Waals surface area contributed by atoms with Gasteiger partial charge in [-0.2, -0.15) is 5.10 Å². The number of carbonyl (C=O) groups excluding carboxylic acids is 2. The summed E-state index contributed by atoms with van der Waals surface area (Å²) in [5, 5.41) is 6.94. The van der Waals surface area contributed by atoms with Crippen LogP contribution in [0.1, 0.15) is 47.3 Å². The Morgan fingerprint density at radius 3 is 2.57 bits per heavy atom. The molecule has 6 nitrogen and oxygen atoms in total. The number of nitrogens with zero attached hydrogens (tertiary/aromatic N) is 2. The molecule has 0 saturated heterocycles. The summed E-state index contributed by atoms with van der Waals surface area (Å²) in [6, 6.07) is 7.24. The minimum Gasteiger partial charge on any atom is -0.454 e. The van der Waals surface area contributed by atoms with Crippen LogP contribution in [0.25, 0.3) is 0 Å². The number of benzene rings is 1. The molecule has 0 aliphatic heterocycles. The molecule has 1 N–H and O–H groups in total. The van der Waals surface area contributed by atoms with Crippen LogP contribution in [-0.4, -0.2) is 21.7 Å². The Morgan fingerprint density at radius 2 is 2.00 bits per heavy atom. The van der Waals surface area contributed by atoms with Gasteiger partial charge in [0.2, 0.25) is 5.91 Å². The number of nitrogens with one attached hydrogen (secondary N) is 1. The highest BCUT2D eigenvalue weighted by atomic mass is 16.5. The number of ether oxygens (including phenoxy) is 1. The third kappa shape index (κ3) is 3.77. The van der Waals surface area contributed by atoms with E-state index in [1.807, 2.05) is 19.1 Å². The normalized spacial score (nSPS) is 11.9. The summed E-state index contributed by atoms with van der Waals surface area (Å²) in [5.41, 5.74) is 3.40. The van der Waals surface area contributed by atoms with Gasteiger partial charge in [0, 0.05) is 25.4 Å². The maximum atomic E-state index is 12.4. The summed E-state index contributed by atoms with van der Waals surface area (Å²) in [6.45, 7) is 6.86. The van der Waals surface area contributed by atoms with E-state index in [0.717, 1.165) is 11.3 Å². The highest BCUT2D eigenvalue weighted by Crippen LogP contribution is 2.23. The molecular formula is C17H21N3O3. The van der Waals surface area contributed by atoms with E-state index < -0.39 is 12.1 Å². The molecule has 23 heavy (non-hydrogen) atoms. The van der Waals surface area contributed by atoms with Crippen LogP contribution >= 0.6 is 0 Å². The SMILES string of the molecule is CC(=O)Nc1cccc([C@H](C)OC(=O)c2c(C)nn(C)c2C)c1. The highest BCUT2D eigenvalue weighted by Gasteiger charge is 2.21. The van der Waals surface area contributed by atoms with Gasteiger partial charge >= 0.3 is 5.97 Å². The van der Waals surface area contributed by atoms with Gasteiger partial charge in [-0.1, -0.05) is 12.1 Å². The largest absolute Gasteiger partial charge is 0.454 e. The summed E-state index contributed by atoms with van der Waals surface area (Å²) in [7, 11) is 1.79. The molecule has 2 rings (SSSR count). The molecule has 0 bridgehead atoms. The Hall–Kier alpha value is -2.63. The summed E-state index contributed by atoms with van der Waals surface area (Å²) < 4.78 is 7.21. The van der Waals surface area contributed by atoms with Crippen molar-refractivity contribution in [2.45, 2.75) is 33.8 Å². The number of hydrogen-bond donors (Lipinski definition) is 1. The first kappa shape index (κ1) is 16.7. The number of aromatic nitrogens is 2. The van der Waals surface area contributed by atoms with Crippen LogP contribution in [0.2, 0.25) is 0 Å². The van der Waals surface area contributed by atoms with Crippen LogP contribution in [0.4, 0.5) is 5.69 Å². The number of hydrogen-bond acceptors (Lipinski definition) is 4. The van der Waals surface area contributed by atoms with E-state index in [1.54, 1.807) is 37.7 Å². The molecule has 2 aromatic rings. The Kier molecular flexibility index (Phi) is 4.83. The van der Waals surface area contributed by atoms with Crippen molar-refractivity contribution in [2.24, 2.45) is 7.05 Å². The highest BCUT2D eigenvalue weighted by molar-refractivity contribution is 5.92. The third-order valence-corrected chi connectivity index (χ3v) is 3.67. The number of amides is 1. The van der Waals surface area contributed by atoms with Crippen molar-refractivity contribution in [3.63, 3.8) is 0 Å². The van der Waals surface area contributed by atoms with Crippen LogP contribution in [0.3, 0.4) is 0 Å². The molecule has 0 spiro atoms. The molecule has 122 valence electrons. The smallest absolute Gasteiger partial charge is 0.342 e. The van der Waals surface area contributed by atoms with E-state index in [9.17, 15) is 9.59 Å². The van der Waals surface area contributed by atoms with Crippen LogP contribution in [0.15, 0.2) is 24.3 Å². The predicted molar refractivity (Wildman–Crippen MR) is 87.3 cm³/mol. The van der Waals surface area contributed by atoms with E-state index in [0.29, 0.717) is 16.9 Å². The van der Waals surface area contributed by atoms with Crippen molar-refractivity contribution in [3.8, 4) is 0 Å². The number of aryl methyl sites for hydroxylation is 2. The number of esters is 1. The first-order chi connectivity index (χ1) is 10.8. The first-order valence-corrected chi connectivity index (χ1v) is 7.38. The number of rotatable bonds is 4. The van der Waals surface area contributed by atoms with E-state index in [1.165, 1.54) is 6.92 Å². The molecule has 6 heteroatoms. The maximum Gasteiger partial charge on any atom is 0.342 e. The van der Waals surface area contributed by atoms with Gasteiger partial charge in [-0.3, -0.25) is 9.48 Å². The van der Waals surface area contributed by atoms with Crippen LogP contribution in [-0.2, 0) is 16.6 Å². The molecule has 1 atom stereocenters. The number of anilines is 1. The Morgan fingerprint density at radius 1 is 1.30 bits per heavy atom. The second-order valence-electron chi connectivity index (χ2n) is 5.52. The zero-order valence-electron chi connectivity index (χ0n) is 14.0. The predicted octanol–water partition coefficient (Wildman–Crippen LogP) is 2.91. The lowest BCUT2D eigenvalue weighted by Gasteiger charge is -2.15. The minimum absolute atomic E-state index is 0.145. The van der Waals surface area contributed by atoms with Crippen molar-refractivity contribution >= 4 is 17.6 Å². The van der Waals surface area contributed by atoms with Gasteiger partial charge in [0.1, 0.15) is 11.7 Å². The Bertz CT molecular complexity index is 750. The van der Waals surface area contributed by atoms with Gasteiger partial charge in [-0.15, -0.1) is 0 Å². The van der Waals surface area contributed by atoms with Crippen LogP contribution in [0, 0.1) is 13.8 Å². The van der Waals surface area contributed by atoms with Gasteiger partial charge in [0.25, 0.3) is 0 Å². The quantitative estimate of drug-likeness (QED) is 0.880. The van der Waals surface area contributed by atoms with E-state index >= 15 is 0 Å².